The van der Waals surface area contributed by atoms with Gasteiger partial charge in [-0.15, -0.1) is 0 Å². The first-order valence-corrected chi connectivity index (χ1v) is 5.59. The average Bonchev–Trinajstić information content (AvgIpc) is 2.06. The Kier molecular flexibility index (Phi) is 2.52. The van der Waals surface area contributed by atoms with Crippen molar-refractivity contribution in [3.05, 3.63) is 0 Å². The van der Waals surface area contributed by atoms with E-state index in [4.69, 9.17) is 5.11 Å². The molecule has 1 heterocycles. The first-order valence-electron chi connectivity index (χ1n) is 5.59. The molecule has 2 fully saturated rings. The van der Waals surface area contributed by atoms with Crippen LogP contribution in [0.3, 0.4) is 0 Å². The summed E-state index contributed by atoms with van der Waals surface area (Å²) in [6.45, 7) is 3.84. The molecular formula is C11H19NO2. The molecule has 0 aromatic rings. The molecule has 0 amide bonds. The zero-order valence-corrected chi connectivity index (χ0v) is 8.83. The Morgan fingerprint density at radius 2 is 1.93 bits per heavy atom. The highest BCUT2D eigenvalue weighted by Crippen LogP contribution is 2.35. The summed E-state index contributed by atoms with van der Waals surface area (Å²) >= 11 is 0. The van der Waals surface area contributed by atoms with Crippen LogP contribution in [0.25, 0.3) is 0 Å². The SMILES string of the molecule is CC1(C(=O)O)CCN(C2CCC2)CC1. The summed E-state index contributed by atoms with van der Waals surface area (Å²) < 4.78 is 0. The number of nitrogens with zero attached hydrogens (tertiary/aromatic N) is 1. The molecule has 2 rings (SSSR count). The van der Waals surface area contributed by atoms with Gasteiger partial charge in [-0.05, 0) is 45.7 Å². The number of hydrogen-bond acceptors (Lipinski definition) is 2. The van der Waals surface area contributed by atoms with Gasteiger partial charge in [-0.3, -0.25) is 4.79 Å². The van der Waals surface area contributed by atoms with E-state index in [2.05, 4.69) is 4.90 Å². The van der Waals surface area contributed by atoms with Gasteiger partial charge in [0.05, 0.1) is 5.41 Å². The fourth-order valence-electron chi connectivity index (χ4n) is 2.35. The molecule has 1 aliphatic carbocycles. The Morgan fingerprint density at radius 3 is 2.29 bits per heavy atom. The molecule has 0 radical (unpaired) electrons. The summed E-state index contributed by atoms with van der Waals surface area (Å²) in [6, 6.07) is 0.772. The Morgan fingerprint density at radius 1 is 1.36 bits per heavy atom. The molecule has 0 atom stereocenters. The summed E-state index contributed by atoms with van der Waals surface area (Å²) in [6.07, 6.45) is 5.64. The highest BCUT2D eigenvalue weighted by atomic mass is 16.4. The van der Waals surface area contributed by atoms with Gasteiger partial charge >= 0.3 is 5.97 Å². The van der Waals surface area contributed by atoms with Gasteiger partial charge in [-0.2, -0.15) is 0 Å². The van der Waals surface area contributed by atoms with Crippen molar-refractivity contribution in [1.29, 1.82) is 0 Å². The fraction of sp³-hybridized carbons (Fsp3) is 0.909. The van der Waals surface area contributed by atoms with Crippen LogP contribution >= 0.6 is 0 Å². The summed E-state index contributed by atoms with van der Waals surface area (Å²) in [5, 5.41) is 9.08. The van der Waals surface area contributed by atoms with Gasteiger partial charge < -0.3 is 10.0 Å². The maximum Gasteiger partial charge on any atom is 0.309 e. The van der Waals surface area contributed by atoms with Crippen LogP contribution in [0.15, 0.2) is 0 Å². The van der Waals surface area contributed by atoms with E-state index in [0.717, 1.165) is 32.0 Å². The molecule has 0 aromatic carbocycles. The molecule has 1 N–H and O–H groups in total. The molecule has 1 saturated carbocycles. The van der Waals surface area contributed by atoms with Crippen molar-refractivity contribution in [1.82, 2.24) is 4.90 Å². The van der Waals surface area contributed by atoms with Crippen LogP contribution in [0.2, 0.25) is 0 Å². The van der Waals surface area contributed by atoms with Crippen molar-refractivity contribution >= 4 is 5.97 Å². The Balaban J connectivity index is 1.87. The third-order valence-corrected chi connectivity index (χ3v) is 4.01. The van der Waals surface area contributed by atoms with Gasteiger partial charge in [0, 0.05) is 6.04 Å². The second kappa shape index (κ2) is 3.54. The standard InChI is InChI=1S/C11H19NO2/c1-11(10(13)14)5-7-12(8-6-11)9-3-2-4-9/h9H,2-8H2,1H3,(H,13,14). The van der Waals surface area contributed by atoms with Gasteiger partial charge in [0.15, 0.2) is 0 Å². The van der Waals surface area contributed by atoms with Gasteiger partial charge in [0.1, 0.15) is 0 Å². The maximum atomic E-state index is 11.0. The molecule has 2 aliphatic rings. The third kappa shape index (κ3) is 1.65. The molecule has 0 bridgehead atoms. The van der Waals surface area contributed by atoms with E-state index >= 15 is 0 Å². The van der Waals surface area contributed by atoms with Crippen LogP contribution in [-0.4, -0.2) is 35.1 Å². The minimum atomic E-state index is -0.620. The number of carboxylic acid groups (broad SMARTS) is 1. The van der Waals surface area contributed by atoms with Gasteiger partial charge in [0.2, 0.25) is 0 Å². The molecular weight excluding hydrogens is 178 g/mol. The number of aliphatic carboxylic acids is 1. The van der Waals surface area contributed by atoms with E-state index in [1.807, 2.05) is 6.92 Å². The zero-order chi connectivity index (χ0) is 10.2. The predicted molar refractivity (Wildman–Crippen MR) is 54.2 cm³/mol. The predicted octanol–water partition coefficient (Wildman–Crippen LogP) is 1.73. The second-order valence-electron chi connectivity index (χ2n) is 4.99. The molecule has 0 unspecified atom stereocenters. The third-order valence-electron chi connectivity index (χ3n) is 4.01. The number of carbonyl (C=O) groups is 1. The number of hydrogen-bond donors (Lipinski definition) is 1. The van der Waals surface area contributed by atoms with Crippen LogP contribution in [0.4, 0.5) is 0 Å². The van der Waals surface area contributed by atoms with Gasteiger partial charge in [-0.25, -0.2) is 0 Å². The summed E-state index contributed by atoms with van der Waals surface area (Å²) in [4.78, 5) is 13.5. The smallest absolute Gasteiger partial charge is 0.309 e. The zero-order valence-electron chi connectivity index (χ0n) is 8.83. The lowest BCUT2D eigenvalue weighted by molar-refractivity contribution is -0.151. The Labute approximate surface area is 85.1 Å². The van der Waals surface area contributed by atoms with Crippen LogP contribution < -0.4 is 0 Å². The van der Waals surface area contributed by atoms with E-state index in [-0.39, 0.29) is 0 Å². The van der Waals surface area contributed by atoms with Crippen LogP contribution in [0.1, 0.15) is 39.0 Å². The number of rotatable bonds is 2. The molecule has 3 nitrogen and oxygen atoms in total. The van der Waals surface area contributed by atoms with E-state index in [0.29, 0.717) is 0 Å². The van der Waals surface area contributed by atoms with Crippen LogP contribution in [0.5, 0.6) is 0 Å². The van der Waals surface area contributed by atoms with Crippen molar-refractivity contribution in [2.24, 2.45) is 5.41 Å². The normalized spacial score (nSPS) is 28.4. The van der Waals surface area contributed by atoms with Crippen molar-refractivity contribution in [2.45, 2.75) is 45.1 Å². The largest absolute Gasteiger partial charge is 0.481 e. The highest BCUT2D eigenvalue weighted by Gasteiger charge is 2.39. The second-order valence-corrected chi connectivity index (χ2v) is 4.99. The quantitative estimate of drug-likeness (QED) is 0.733. The molecule has 1 aliphatic heterocycles. The van der Waals surface area contributed by atoms with Gasteiger partial charge in [0.25, 0.3) is 0 Å². The van der Waals surface area contributed by atoms with E-state index in [1.165, 1.54) is 19.3 Å². The minimum absolute atomic E-state index is 0.458. The lowest BCUT2D eigenvalue weighted by atomic mass is 9.79. The molecule has 14 heavy (non-hydrogen) atoms. The fourth-order valence-corrected chi connectivity index (χ4v) is 2.35. The molecule has 0 aromatic heterocycles. The molecule has 80 valence electrons. The molecule has 1 saturated heterocycles. The lowest BCUT2D eigenvalue weighted by Crippen LogP contribution is -2.49. The van der Waals surface area contributed by atoms with E-state index in [9.17, 15) is 4.79 Å². The number of piperidine rings is 1. The van der Waals surface area contributed by atoms with Crippen molar-refractivity contribution in [2.75, 3.05) is 13.1 Å². The van der Waals surface area contributed by atoms with E-state index in [1.54, 1.807) is 0 Å². The van der Waals surface area contributed by atoms with Crippen LogP contribution in [0, 0.1) is 5.41 Å². The average molecular weight is 197 g/mol. The lowest BCUT2D eigenvalue weighted by Gasteiger charge is -2.43. The first kappa shape index (κ1) is 9.97. The first-order chi connectivity index (χ1) is 6.62. The Hall–Kier alpha value is -0.570. The van der Waals surface area contributed by atoms with Crippen molar-refractivity contribution < 1.29 is 9.90 Å². The molecule has 0 spiro atoms. The Bertz CT molecular complexity index is 227. The van der Waals surface area contributed by atoms with Gasteiger partial charge in [-0.1, -0.05) is 6.42 Å². The summed E-state index contributed by atoms with van der Waals surface area (Å²) in [5.41, 5.74) is -0.458. The maximum absolute atomic E-state index is 11.0. The topological polar surface area (TPSA) is 40.5 Å². The highest BCUT2D eigenvalue weighted by molar-refractivity contribution is 5.74. The van der Waals surface area contributed by atoms with Crippen molar-refractivity contribution in [3.63, 3.8) is 0 Å². The van der Waals surface area contributed by atoms with Crippen LogP contribution in [-0.2, 0) is 4.79 Å². The molecule has 3 heteroatoms. The monoisotopic (exact) mass is 197 g/mol. The summed E-state index contributed by atoms with van der Waals surface area (Å²) in [7, 11) is 0. The number of carboxylic acids is 1. The van der Waals surface area contributed by atoms with E-state index < -0.39 is 11.4 Å². The summed E-state index contributed by atoms with van der Waals surface area (Å²) in [5.74, 6) is -0.620. The van der Waals surface area contributed by atoms with Crippen molar-refractivity contribution in [3.8, 4) is 0 Å². The number of likely N-dealkylation sites (tertiary alicyclic amines) is 1. The minimum Gasteiger partial charge on any atom is -0.481 e.